The molecule has 2 atom stereocenters. The molecule has 0 spiro atoms. The number of carbonyl (C=O) groups excluding carboxylic acids is 3. The summed E-state index contributed by atoms with van der Waals surface area (Å²) in [5.74, 6) is 0.379. The number of rotatable bonds is 13. The van der Waals surface area contributed by atoms with E-state index in [0.29, 0.717) is 52.6 Å². The standard InChI is InChI=1S/C45H56Cl3N3O7/c1-28-22-38(47)40(39(48)23-28)56-21-20-55-34-15-9-30(10-16-34)35-18-19-49(42(53)57-44(2,3)4)27-36(35)41(52)50(32-11-12-32)26-31-24-29(8-17-37(31)46)25-51(33-13-14-33)43(54)58-45(5,6)7/h8-10,15-17,22-24,32-33,35-36H,11-14,18-21,25-27H2,1-7H3/t35-,36+/m1/s1. The number of amides is 3. The van der Waals surface area contributed by atoms with Gasteiger partial charge in [0.2, 0.25) is 5.91 Å². The van der Waals surface area contributed by atoms with E-state index in [9.17, 15) is 14.4 Å². The van der Waals surface area contributed by atoms with Crippen LogP contribution < -0.4 is 9.47 Å². The molecule has 10 nitrogen and oxygen atoms in total. The number of halogens is 3. The molecule has 3 aromatic carbocycles. The van der Waals surface area contributed by atoms with Crippen LogP contribution in [0.15, 0.2) is 54.6 Å². The molecule has 3 fully saturated rings. The van der Waals surface area contributed by atoms with Gasteiger partial charge in [-0.15, -0.1) is 0 Å². The molecule has 314 valence electrons. The van der Waals surface area contributed by atoms with Gasteiger partial charge >= 0.3 is 12.2 Å². The zero-order valence-corrected chi connectivity index (χ0v) is 36.9. The van der Waals surface area contributed by atoms with Crippen molar-refractivity contribution in [3.05, 3.63) is 91.9 Å². The number of carbonyl (C=O) groups is 3. The highest BCUT2D eigenvalue weighted by atomic mass is 35.5. The molecule has 13 heteroatoms. The minimum atomic E-state index is -0.673. The topological polar surface area (TPSA) is 97.8 Å². The second-order valence-electron chi connectivity index (χ2n) is 17.7. The molecule has 58 heavy (non-hydrogen) atoms. The number of likely N-dealkylation sites (tertiary alicyclic amines) is 1. The Bertz CT molecular complexity index is 1930. The van der Waals surface area contributed by atoms with Gasteiger partial charge in [-0.25, -0.2) is 9.59 Å². The van der Waals surface area contributed by atoms with Gasteiger partial charge < -0.3 is 33.6 Å². The van der Waals surface area contributed by atoms with E-state index in [2.05, 4.69) is 0 Å². The predicted octanol–water partition coefficient (Wildman–Crippen LogP) is 10.8. The van der Waals surface area contributed by atoms with Crippen LogP contribution in [-0.4, -0.2) is 82.4 Å². The Morgan fingerprint density at radius 2 is 1.33 bits per heavy atom. The molecule has 0 unspecified atom stereocenters. The Morgan fingerprint density at radius 1 is 0.724 bits per heavy atom. The van der Waals surface area contributed by atoms with E-state index in [4.69, 9.17) is 53.8 Å². The van der Waals surface area contributed by atoms with E-state index in [1.54, 1.807) is 21.9 Å². The minimum absolute atomic E-state index is 0.0264. The molecule has 3 aliphatic rings. The number of benzene rings is 3. The highest BCUT2D eigenvalue weighted by Crippen LogP contribution is 2.40. The fraction of sp³-hybridized carbons (Fsp3) is 0.533. The Balaban J connectivity index is 1.18. The highest BCUT2D eigenvalue weighted by molar-refractivity contribution is 6.37. The molecule has 2 saturated carbocycles. The molecule has 0 aromatic heterocycles. The van der Waals surface area contributed by atoms with Crippen LogP contribution in [0.4, 0.5) is 9.59 Å². The van der Waals surface area contributed by atoms with Gasteiger partial charge in [0.1, 0.15) is 30.2 Å². The summed E-state index contributed by atoms with van der Waals surface area (Å²) in [6, 6.07) is 17.4. The van der Waals surface area contributed by atoms with Crippen molar-refractivity contribution in [1.82, 2.24) is 14.7 Å². The lowest BCUT2D eigenvalue weighted by Crippen LogP contribution is -2.51. The first-order chi connectivity index (χ1) is 27.3. The van der Waals surface area contributed by atoms with Crippen LogP contribution >= 0.6 is 34.8 Å². The smallest absolute Gasteiger partial charge is 0.410 e. The lowest BCUT2D eigenvalue weighted by molar-refractivity contribution is -0.139. The van der Waals surface area contributed by atoms with E-state index in [-0.39, 0.29) is 49.8 Å². The second-order valence-corrected chi connectivity index (χ2v) is 18.9. The summed E-state index contributed by atoms with van der Waals surface area (Å²) < 4.78 is 23.3. The molecule has 3 aromatic rings. The molecule has 1 saturated heterocycles. The van der Waals surface area contributed by atoms with E-state index >= 15 is 0 Å². The zero-order chi connectivity index (χ0) is 41.9. The Labute approximate surface area is 358 Å². The summed E-state index contributed by atoms with van der Waals surface area (Å²) in [5.41, 5.74) is 2.39. The number of aryl methyl sites for hydroxylation is 1. The van der Waals surface area contributed by atoms with Gasteiger partial charge in [0.25, 0.3) is 0 Å². The first-order valence-corrected chi connectivity index (χ1v) is 21.3. The fourth-order valence-electron chi connectivity index (χ4n) is 7.30. The second kappa shape index (κ2) is 18.2. The number of nitrogens with zero attached hydrogens (tertiary/aromatic N) is 3. The first kappa shape index (κ1) is 43.7. The molecule has 1 aliphatic heterocycles. The molecule has 1 heterocycles. The summed E-state index contributed by atoms with van der Waals surface area (Å²) in [7, 11) is 0. The third-order valence-electron chi connectivity index (χ3n) is 10.3. The summed E-state index contributed by atoms with van der Waals surface area (Å²) in [5, 5.41) is 1.45. The third kappa shape index (κ3) is 11.9. The molecular formula is C45H56Cl3N3O7. The van der Waals surface area contributed by atoms with Crippen molar-refractivity contribution in [2.75, 3.05) is 26.3 Å². The van der Waals surface area contributed by atoms with Gasteiger partial charge in [0, 0.05) is 43.3 Å². The summed E-state index contributed by atoms with van der Waals surface area (Å²) in [6.07, 6.45) is 3.49. The summed E-state index contributed by atoms with van der Waals surface area (Å²) >= 11 is 19.5. The maximum atomic E-state index is 14.9. The van der Waals surface area contributed by atoms with E-state index in [1.807, 2.05) is 95.8 Å². The first-order valence-electron chi connectivity index (χ1n) is 20.2. The van der Waals surface area contributed by atoms with Gasteiger partial charge in [0.05, 0.1) is 16.0 Å². The van der Waals surface area contributed by atoms with Crippen molar-refractivity contribution in [2.24, 2.45) is 5.92 Å². The predicted molar refractivity (Wildman–Crippen MR) is 227 cm³/mol. The van der Waals surface area contributed by atoms with E-state index < -0.39 is 23.2 Å². The van der Waals surface area contributed by atoms with Crippen molar-refractivity contribution in [2.45, 2.75) is 123 Å². The van der Waals surface area contributed by atoms with Crippen LogP contribution in [0.1, 0.15) is 102 Å². The maximum absolute atomic E-state index is 14.9. The normalized spacial score (nSPS) is 18.3. The summed E-state index contributed by atoms with van der Waals surface area (Å²) in [6.45, 7) is 14.9. The summed E-state index contributed by atoms with van der Waals surface area (Å²) in [4.78, 5) is 46.8. The van der Waals surface area contributed by atoms with Gasteiger partial charge in [-0.2, -0.15) is 0 Å². The molecule has 6 rings (SSSR count). The van der Waals surface area contributed by atoms with Crippen LogP contribution in [0.3, 0.4) is 0 Å². The van der Waals surface area contributed by atoms with Crippen LogP contribution in [0.2, 0.25) is 15.1 Å². The van der Waals surface area contributed by atoms with Gasteiger partial charge in [-0.05, 0) is 139 Å². The van der Waals surface area contributed by atoms with Crippen molar-refractivity contribution in [3.8, 4) is 11.5 Å². The molecule has 2 aliphatic carbocycles. The van der Waals surface area contributed by atoms with Crippen molar-refractivity contribution < 1.29 is 33.3 Å². The number of hydrogen-bond acceptors (Lipinski definition) is 7. The minimum Gasteiger partial charge on any atom is -0.490 e. The monoisotopic (exact) mass is 855 g/mol. The average molecular weight is 857 g/mol. The quantitative estimate of drug-likeness (QED) is 0.158. The number of ether oxygens (including phenoxy) is 4. The maximum Gasteiger partial charge on any atom is 0.410 e. The third-order valence-corrected chi connectivity index (χ3v) is 11.3. The highest BCUT2D eigenvalue weighted by Gasteiger charge is 2.43. The van der Waals surface area contributed by atoms with Crippen molar-refractivity contribution >= 4 is 52.9 Å². The van der Waals surface area contributed by atoms with Crippen LogP contribution in [-0.2, 0) is 27.4 Å². The number of piperidine rings is 1. The lowest BCUT2D eigenvalue weighted by Gasteiger charge is -2.40. The van der Waals surface area contributed by atoms with Gasteiger partial charge in [-0.1, -0.05) is 59.1 Å². The zero-order valence-electron chi connectivity index (χ0n) is 34.6. The average Bonchev–Trinajstić information content (AvgIpc) is 4.07. The molecule has 3 amide bonds. The van der Waals surface area contributed by atoms with Gasteiger partial charge in [0.15, 0.2) is 5.75 Å². The molecule has 0 N–H and O–H groups in total. The van der Waals surface area contributed by atoms with Crippen molar-refractivity contribution in [1.29, 1.82) is 0 Å². The molecule has 0 bridgehead atoms. The van der Waals surface area contributed by atoms with Crippen LogP contribution in [0.5, 0.6) is 11.5 Å². The fourth-order valence-corrected chi connectivity index (χ4v) is 8.18. The Hall–Kier alpha value is -3.86. The molecular weight excluding hydrogens is 801 g/mol. The van der Waals surface area contributed by atoms with E-state index in [0.717, 1.165) is 47.9 Å². The largest absolute Gasteiger partial charge is 0.490 e. The number of hydrogen-bond donors (Lipinski definition) is 0. The Morgan fingerprint density at radius 3 is 1.93 bits per heavy atom. The van der Waals surface area contributed by atoms with Gasteiger partial charge in [-0.3, -0.25) is 4.79 Å². The van der Waals surface area contributed by atoms with E-state index in [1.165, 1.54) is 0 Å². The van der Waals surface area contributed by atoms with Crippen LogP contribution in [0.25, 0.3) is 0 Å². The van der Waals surface area contributed by atoms with Crippen LogP contribution in [0, 0.1) is 12.8 Å². The Kier molecular flexibility index (Phi) is 13.7. The lowest BCUT2D eigenvalue weighted by atomic mass is 9.79. The molecule has 0 radical (unpaired) electrons. The SMILES string of the molecule is Cc1cc(Cl)c(OCCOc2ccc([C@H]3CCN(C(=O)OC(C)(C)C)C[C@@H]3C(=O)N(Cc3cc(CN(C(=O)OC(C)(C)C)C4CC4)ccc3Cl)C3CC3)cc2)c(Cl)c1. The van der Waals surface area contributed by atoms with Crippen molar-refractivity contribution in [3.63, 3.8) is 0 Å².